The first-order valence-electron chi connectivity index (χ1n) is 12.3. The summed E-state index contributed by atoms with van der Waals surface area (Å²) in [6.07, 6.45) is 1.51. The molecule has 208 valence electrons. The number of hydrogen-bond acceptors (Lipinski definition) is 7. The molecule has 0 aliphatic rings. The third-order valence-electron chi connectivity index (χ3n) is 6.32. The molecule has 2 aromatic rings. The van der Waals surface area contributed by atoms with Crippen LogP contribution in [0.1, 0.15) is 38.7 Å². The number of carbonyl (C=O) groups excluding carboxylic acids is 3. The molecule has 2 rings (SSSR count). The van der Waals surface area contributed by atoms with Gasteiger partial charge < -0.3 is 36.9 Å². The number of carbonyl (C=O) groups is 5. The molecule has 0 bridgehead atoms. The lowest BCUT2D eigenvalue weighted by Gasteiger charge is -2.28. The molecule has 0 saturated carbocycles. The average molecular weight is 550 g/mol. The number of thiol groups is 1. The van der Waals surface area contributed by atoms with Gasteiger partial charge in [0.25, 0.3) is 0 Å². The Morgan fingerprint density at radius 2 is 1.66 bits per heavy atom. The van der Waals surface area contributed by atoms with Crippen LogP contribution in [0.2, 0.25) is 0 Å². The van der Waals surface area contributed by atoms with Gasteiger partial charge in [0.1, 0.15) is 18.1 Å². The first-order chi connectivity index (χ1) is 18.0. The molecule has 5 atom stereocenters. The standard InChI is InChI=1S/C25H35N5O7S/c1-3-13(2)21(24(35)28-18(25(36)37)8-9-20(31)32)30-23(34)19(29-22(33)16(26)12-38)10-14-11-27-17-7-5-4-6-15(14)17/h4-7,11,13,16,18-19,21,27,38H,3,8-10,12,26H2,1-2H3,(H,28,35)(H,29,33)(H,30,34)(H,31,32)(H,36,37). The Bertz CT molecular complexity index is 1150. The smallest absolute Gasteiger partial charge is 0.326 e. The fourth-order valence-electron chi connectivity index (χ4n) is 3.83. The lowest BCUT2D eigenvalue weighted by atomic mass is 9.96. The van der Waals surface area contributed by atoms with Gasteiger partial charge in [-0.05, 0) is 24.0 Å². The Balaban J connectivity index is 2.29. The highest BCUT2D eigenvalue weighted by atomic mass is 32.1. The van der Waals surface area contributed by atoms with Crippen molar-refractivity contribution >= 4 is 53.2 Å². The minimum atomic E-state index is -1.45. The van der Waals surface area contributed by atoms with E-state index >= 15 is 0 Å². The zero-order valence-corrected chi connectivity index (χ0v) is 22.2. The molecule has 0 spiro atoms. The van der Waals surface area contributed by atoms with E-state index in [1.54, 1.807) is 20.0 Å². The number of fused-ring (bicyclic) bond motifs is 1. The molecule has 0 aliphatic carbocycles. The summed E-state index contributed by atoms with van der Waals surface area (Å²) < 4.78 is 0. The quantitative estimate of drug-likeness (QED) is 0.146. The summed E-state index contributed by atoms with van der Waals surface area (Å²) in [5, 5.41) is 26.8. The summed E-state index contributed by atoms with van der Waals surface area (Å²) in [6, 6.07) is 2.79. The van der Waals surface area contributed by atoms with Crippen molar-refractivity contribution in [2.75, 3.05) is 5.75 Å². The largest absolute Gasteiger partial charge is 0.481 e. The van der Waals surface area contributed by atoms with Crippen LogP contribution in [0.15, 0.2) is 30.5 Å². The fraction of sp³-hybridized carbons (Fsp3) is 0.480. The van der Waals surface area contributed by atoms with Gasteiger partial charge in [-0.2, -0.15) is 12.6 Å². The number of H-pyrrole nitrogens is 1. The van der Waals surface area contributed by atoms with Gasteiger partial charge in [0, 0.05) is 35.7 Å². The molecule has 0 radical (unpaired) electrons. The number of amides is 3. The third-order valence-corrected chi connectivity index (χ3v) is 6.71. The second-order valence-corrected chi connectivity index (χ2v) is 9.48. The molecule has 3 amide bonds. The van der Waals surface area contributed by atoms with Crippen molar-refractivity contribution in [2.45, 2.75) is 63.7 Å². The number of aromatic amines is 1. The van der Waals surface area contributed by atoms with Crippen LogP contribution in [0.4, 0.5) is 0 Å². The molecule has 8 N–H and O–H groups in total. The van der Waals surface area contributed by atoms with Crippen LogP contribution in [0.3, 0.4) is 0 Å². The van der Waals surface area contributed by atoms with E-state index in [9.17, 15) is 29.1 Å². The normalized spacial score (nSPS) is 15.1. The molecular weight excluding hydrogens is 514 g/mol. The van der Waals surface area contributed by atoms with Crippen LogP contribution < -0.4 is 21.7 Å². The van der Waals surface area contributed by atoms with Crippen LogP contribution in [0.25, 0.3) is 10.9 Å². The van der Waals surface area contributed by atoms with Crippen LogP contribution in [-0.2, 0) is 30.4 Å². The van der Waals surface area contributed by atoms with E-state index < -0.39 is 66.2 Å². The third kappa shape index (κ3) is 8.48. The highest BCUT2D eigenvalue weighted by Crippen LogP contribution is 2.19. The molecule has 38 heavy (non-hydrogen) atoms. The molecule has 12 nitrogen and oxygen atoms in total. The van der Waals surface area contributed by atoms with Crippen LogP contribution in [0.5, 0.6) is 0 Å². The van der Waals surface area contributed by atoms with Crippen molar-refractivity contribution in [3.05, 3.63) is 36.0 Å². The van der Waals surface area contributed by atoms with E-state index in [0.717, 1.165) is 16.5 Å². The molecule has 0 aliphatic heterocycles. The van der Waals surface area contributed by atoms with Gasteiger partial charge in [-0.15, -0.1) is 0 Å². The van der Waals surface area contributed by atoms with Gasteiger partial charge in [0.2, 0.25) is 17.7 Å². The van der Waals surface area contributed by atoms with Crippen molar-refractivity contribution in [1.82, 2.24) is 20.9 Å². The Hall–Kier alpha value is -3.58. The molecule has 1 aromatic heterocycles. The van der Waals surface area contributed by atoms with E-state index in [1.807, 2.05) is 24.3 Å². The number of carboxylic acids is 2. The highest BCUT2D eigenvalue weighted by molar-refractivity contribution is 7.80. The Morgan fingerprint density at radius 1 is 1.00 bits per heavy atom. The van der Waals surface area contributed by atoms with Crippen molar-refractivity contribution in [3.8, 4) is 0 Å². The monoisotopic (exact) mass is 549 g/mol. The van der Waals surface area contributed by atoms with Crippen molar-refractivity contribution in [3.63, 3.8) is 0 Å². The number of nitrogens with two attached hydrogens (primary N) is 1. The van der Waals surface area contributed by atoms with Gasteiger partial charge in [-0.3, -0.25) is 19.2 Å². The van der Waals surface area contributed by atoms with Gasteiger partial charge in [-0.1, -0.05) is 38.5 Å². The van der Waals surface area contributed by atoms with Crippen LogP contribution in [0, 0.1) is 5.92 Å². The van der Waals surface area contributed by atoms with E-state index in [0.29, 0.717) is 6.42 Å². The number of hydrogen-bond donors (Lipinski definition) is 8. The Kier molecular flexibility index (Phi) is 11.6. The minimum Gasteiger partial charge on any atom is -0.481 e. The van der Waals surface area contributed by atoms with E-state index in [1.165, 1.54) is 0 Å². The summed E-state index contributed by atoms with van der Waals surface area (Å²) in [5.74, 6) is -4.96. The predicted molar refractivity (Wildman–Crippen MR) is 144 cm³/mol. The maximum atomic E-state index is 13.5. The maximum absolute atomic E-state index is 13.5. The van der Waals surface area contributed by atoms with E-state index in [4.69, 9.17) is 10.8 Å². The molecule has 1 heterocycles. The molecular formula is C25H35N5O7S. The number of benzene rings is 1. The van der Waals surface area contributed by atoms with Gasteiger partial charge in [0.15, 0.2) is 0 Å². The zero-order chi connectivity index (χ0) is 28.4. The Morgan fingerprint density at radius 3 is 2.26 bits per heavy atom. The predicted octanol–water partition coefficient (Wildman–Crippen LogP) is 0.417. The second-order valence-electron chi connectivity index (χ2n) is 9.12. The fourth-order valence-corrected chi connectivity index (χ4v) is 4.00. The molecule has 5 unspecified atom stereocenters. The summed E-state index contributed by atoms with van der Waals surface area (Å²) in [4.78, 5) is 64.7. The molecule has 1 aromatic carbocycles. The summed E-state index contributed by atoms with van der Waals surface area (Å²) in [7, 11) is 0. The lowest BCUT2D eigenvalue weighted by molar-refractivity contribution is -0.143. The summed E-state index contributed by atoms with van der Waals surface area (Å²) in [6.45, 7) is 3.51. The maximum Gasteiger partial charge on any atom is 0.326 e. The van der Waals surface area contributed by atoms with E-state index in [2.05, 4.69) is 33.6 Å². The number of nitrogens with one attached hydrogen (secondary N) is 4. The first kappa shape index (κ1) is 30.6. The van der Waals surface area contributed by atoms with Crippen molar-refractivity contribution in [2.24, 2.45) is 11.7 Å². The summed E-state index contributed by atoms with van der Waals surface area (Å²) in [5.41, 5.74) is 7.39. The van der Waals surface area contributed by atoms with Crippen molar-refractivity contribution in [1.29, 1.82) is 0 Å². The number of aliphatic carboxylic acids is 2. The second kappa shape index (κ2) is 14.4. The minimum absolute atomic E-state index is 0.0536. The highest BCUT2D eigenvalue weighted by Gasteiger charge is 2.33. The number of rotatable bonds is 15. The van der Waals surface area contributed by atoms with Gasteiger partial charge in [-0.25, -0.2) is 4.79 Å². The Labute approximate surface area is 225 Å². The van der Waals surface area contributed by atoms with Crippen LogP contribution in [-0.4, -0.2) is 74.8 Å². The molecule has 0 saturated heterocycles. The summed E-state index contributed by atoms with van der Waals surface area (Å²) >= 11 is 4.04. The average Bonchev–Trinajstić information content (AvgIpc) is 3.30. The van der Waals surface area contributed by atoms with Crippen LogP contribution >= 0.6 is 12.6 Å². The number of para-hydroxylation sites is 1. The molecule has 13 heteroatoms. The first-order valence-corrected chi connectivity index (χ1v) is 12.9. The zero-order valence-electron chi connectivity index (χ0n) is 21.3. The lowest BCUT2D eigenvalue weighted by Crippen LogP contribution is -2.59. The van der Waals surface area contributed by atoms with E-state index in [-0.39, 0.29) is 18.6 Å². The van der Waals surface area contributed by atoms with Crippen molar-refractivity contribution < 1.29 is 34.2 Å². The number of aromatic nitrogens is 1. The topological polar surface area (TPSA) is 204 Å². The number of carboxylic acid groups (broad SMARTS) is 2. The van der Waals surface area contributed by atoms with Gasteiger partial charge >= 0.3 is 11.9 Å². The van der Waals surface area contributed by atoms with Gasteiger partial charge in [0.05, 0.1) is 6.04 Å². The molecule has 0 fully saturated rings. The SMILES string of the molecule is CCC(C)C(NC(=O)C(Cc1c[nH]c2ccccc12)NC(=O)C(N)CS)C(=O)NC(CCC(=O)O)C(=O)O.